The number of halogens is 2. The summed E-state index contributed by atoms with van der Waals surface area (Å²) >= 11 is 0. The molecule has 3 aliphatic rings. The Morgan fingerprint density at radius 2 is 1.96 bits per heavy atom. The molecule has 246 valence electrons. The lowest BCUT2D eigenvalue weighted by Crippen LogP contribution is -2.46. The number of aromatic nitrogens is 3. The molecule has 13 nitrogen and oxygen atoms in total. The molecule has 4 N–H and O–H groups in total. The summed E-state index contributed by atoms with van der Waals surface area (Å²) in [7, 11) is 0.370. The molecule has 1 aliphatic carbocycles. The van der Waals surface area contributed by atoms with E-state index in [1.54, 1.807) is 32.6 Å². The average Bonchev–Trinajstić information content (AvgIpc) is 3.69. The van der Waals surface area contributed by atoms with E-state index in [0.29, 0.717) is 59.0 Å². The highest BCUT2D eigenvalue weighted by Crippen LogP contribution is 2.52. The van der Waals surface area contributed by atoms with Crippen molar-refractivity contribution in [3.05, 3.63) is 69.4 Å². The number of carboxylic acids is 1. The van der Waals surface area contributed by atoms with Gasteiger partial charge in [0.05, 0.1) is 36.4 Å². The molecule has 0 saturated carbocycles. The van der Waals surface area contributed by atoms with Crippen molar-refractivity contribution in [3.63, 3.8) is 0 Å². The highest BCUT2D eigenvalue weighted by atomic mass is 31.2. The van der Waals surface area contributed by atoms with Gasteiger partial charge in [0.1, 0.15) is 17.8 Å². The number of phosphoric ester groups is 1. The first-order chi connectivity index (χ1) is 22.2. The number of nitrogens with zero attached hydrogens (tertiary/aromatic N) is 5. The Kier molecular flexibility index (Phi) is 7.26. The van der Waals surface area contributed by atoms with Crippen LogP contribution in [0.4, 0.5) is 20.2 Å². The maximum Gasteiger partial charge on any atom is 0.474 e. The maximum atomic E-state index is 15.9. The van der Waals surface area contributed by atoms with Gasteiger partial charge in [-0.15, -0.1) is 0 Å². The van der Waals surface area contributed by atoms with Gasteiger partial charge in [-0.1, -0.05) is 0 Å². The number of likely N-dealkylation sites (tertiary alicyclic amines) is 1. The molecule has 2 fully saturated rings. The van der Waals surface area contributed by atoms with Crippen LogP contribution in [-0.2, 0) is 22.6 Å². The lowest BCUT2D eigenvalue weighted by Gasteiger charge is -2.33. The molecular formula is C31H32F2N6O7P+. The van der Waals surface area contributed by atoms with Crippen molar-refractivity contribution in [2.24, 2.45) is 13.0 Å². The van der Waals surface area contributed by atoms with Gasteiger partial charge in [0, 0.05) is 85.6 Å². The largest absolute Gasteiger partial charge is 0.477 e. The SMILES string of the molecule is CNc1cc(F)c(F)c2c1Cc1ncc(-c3cnc4c(c3)c(=O)c(C(=O)O)cn4C)c(N3CC[C@@H]4C[N+](C)(COP(=O)(O)O)C[C@@H]43)c1-2. The lowest BCUT2D eigenvalue weighted by molar-refractivity contribution is -0.915. The molecule has 16 heteroatoms. The molecule has 0 bridgehead atoms. The number of aromatic carboxylic acids is 1. The maximum absolute atomic E-state index is 15.9. The van der Waals surface area contributed by atoms with Crippen molar-refractivity contribution in [1.29, 1.82) is 0 Å². The summed E-state index contributed by atoms with van der Waals surface area (Å²) in [4.78, 5) is 55.2. The van der Waals surface area contributed by atoms with Gasteiger partial charge in [-0.05, 0) is 18.1 Å². The van der Waals surface area contributed by atoms with E-state index in [1.165, 1.54) is 10.8 Å². The Balaban J connectivity index is 1.45. The number of rotatable bonds is 7. The number of hydrogen-bond donors (Lipinski definition) is 4. The molecule has 0 radical (unpaired) electrons. The quantitative estimate of drug-likeness (QED) is 0.148. The van der Waals surface area contributed by atoms with Crippen molar-refractivity contribution in [2.45, 2.75) is 18.9 Å². The average molecular weight is 670 g/mol. The number of carboxylic acid groups (broad SMARTS) is 1. The smallest absolute Gasteiger partial charge is 0.474 e. The van der Waals surface area contributed by atoms with E-state index in [1.807, 2.05) is 7.05 Å². The Morgan fingerprint density at radius 1 is 1.19 bits per heavy atom. The second kappa shape index (κ2) is 10.9. The van der Waals surface area contributed by atoms with E-state index in [2.05, 4.69) is 15.2 Å². The summed E-state index contributed by atoms with van der Waals surface area (Å²) in [5, 5.41) is 12.7. The van der Waals surface area contributed by atoms with Gasteiger partial charge in [0.15, 0.2) is 18.4 Å². The van der Waals surface area contributed by atoms with Crippen LogP contribution in [-0.4, -0.2) is 86.4 Å². The van der Waals surface area contributed by atoms with Crippen LogP contribution in [0.15, 0.2) is 35.5 Å². The summed E-state index contributed by atoms with van der Waals surface area (Å²) in [6.45, 7) is 1.39. The zero-order valence-corrected chi connectivity index (χ0v) is 26.6. The fourth-order valence-corrected chi connectivity index (χ4v) is 8.11. The van der Waals surface area contributed by atoms with Gasteiger partial charge in [-0.2, -0.15) is 0 Å². The number of carbonyl (C=O) groups is 1. The fourth-order valence-electron chi connectivity index (χ4n) is 7.68. The third-order valence-electron chi connectivity index (χ3n) is 9.69. The first kappa shape index (κ1) is 31.3. The third kappa shape index (κ3) is 5.09. The number of pyridine rings is 3. The number of phosphoric acid groups is 1. The van der Waals surface area contributed by atoms with Crippen LogP contribution in [0.2, 0.25) is 0 Å². The van der Waals surface area contributed by atoms with E-state index >= 15 is 8.78 Å². The predicted octanol–water partition coefficient (Wildman–Crippen LogP) is 3.31. The van der Waals surface area contributed by atoms with Crippen molar-refractivity contribution in [3.8, 4) is 22.3 Å². The first-order valence-electron chi connectivity index (χ1n) is 14.9. The topological polar surface area (TPSA) is 167 Å². The number of aryl methyl sites for hydroxylation is 1. The molecule has 3 atom stereocenters. The zero-order chi connectivity index (χ0) is 33.6. The third-order valence-corrected chi connectivity index (χ3v) is 10.1. The second-order valence-corrected chi connectivity index (χ2v) is 14.0. The van der Waals surface area contributed by atoms with Crippen LogP contribution in [0.25, 0.3) is 33.3 Å². The monoisotopic (exact) mass is 669 g/mol. The van der Waals surface area contributed by atoms with E-state index in [4.69, 9.17) is 9.51 Å². The summed E-state index contributed by atoms with van der Waals surface area (Å²) in [5.41, 5.74) is 2.70. The minimum absolute atomic E-state index is 0.0745. The Labute approximate surface area is 266 Å². The number of fused-ring (bicyclic) bond motifs is 5. The number of nitrogens with one attached hydrogen (secondary N) is 1. The Hall–Kier alpha value is -4.27. The van der Waals surface area contributed by atoms with Crippen LogP contribution < -0.4 is 15.6 Å². The standard InChI is InChI=1S/C31H31F2N6O7P/c1-34-22-8-21(32)27(33)25-17(22)7-23-26(25)28(38-5-4-15-12-39(3,13-24(15)38)14-46-47(43,44)45)19(10-35-23)16-6-18-29(40)20(31(41)42)11-37(2)30(18)36-9-16/h6,8-11,15,24,34H,4-5,7,12-14H2,1-3H3,(H2-,41,42,43,44,45)/p+1/t15-,24+,39?/m1/s1. The minimum atomic E-state index is -4.71. The molecule has 0 amide bonds. The summed E-state index contributed by atoms with van der Waals surface area (Å²) < 4.78 is 49.1. The Bertz CT molecular complexity index is 2120. The van der Waals surface area contributed by atoms with E-state index in [0.717, 1.165) is 12.5 Å². The fraction of sp³-hybridized carbons (Fsp3) is 0.355. The molecule has 2 saturated heterocycles. The van der Waals surface area contributed by atoms with Crippen LogP contribution in [0.5, 0.6) is 0 Å². The zero-order valence-electron chi connectivity index (χ0n) is 25.7. The van der Waals surface area contributed by atoms with Gasteiger partial charge in [-0.3, -0.25) is 9.78 Å². The highest BCUT2D eigenvalue weighted by Gasteiger charge is 2.51. The molecule has 5 heterocycles. The van der Waals surface area contributed by atoms with Crippen molar-refractivity contribution < 1.29 is 42.0 Å². The summed E-state index contributed by atoms with van der Waals surface area (Å²) in [6.07, 6.45) is 5.35. The van der Waals surface area contributed by atoms with Crippen LogP contribution in [0.3, 0.4) is 0 Å². The lowest BCUT2D eigenvalue weighted by atomic mass is 9.96. The van der Waals surface area contributed by atoms with Crippen LogP contribution in [0.1, 0.15) is 28.0 Å². The van der Waals surface area contributed by atoms with E-state index in [-0.39, 0.29) is 46.2 Å². The highest BCUT2D eigenvalue weighted by molar-refractivity contribution is 7.46. The van der Waals surface area contributed by atoms with Gasteiger partial charge >= 0.3 is 13.8 Å². The number of anilines is 2. The first-order valence-corrected chi connectivity index (χ1v) is 16.5. The van der Waals surface area contributed by atoms with Crippen molar-refractivity contribution in [1.82, 2.24) is 14.5 Å². The van der Waals surface area contributed by atoms with Gasteiger partial charge in [0.2, 0.25) is 5.43 Å². The number of benzene rings is 1. The molecular weight excluding hydrogens is 637 g/mol. The number of likely N-dealkylation sites (N-methyl/N-ethyl adjacent to an activating group) is 1. The molecule has 1 unspecified atom stereocenters. The normalized spacial score (nSPS) is 21.6. The molecule has 0 spiro atoms. The molecule has 2 aliphatic heterocycles. The van der Waals surface area contributed by atoms with Crippen LogP contribution in [0, 0.1) is 17.6 Å². The molecule has 7 rings (SSSR count). The van der Waals surface area contributed by atoms with E-state index in [9.17, 15) is 29.0 Å². The van der Waals surface area contributed by atoms with Gasteiger partial charge < -0.3 is 34.2 Å². The summed E-state index contributed by atoms with van der Waals surface area (Å²) in [6, 6.07) is 2.52. The summed E-state index contributed by atoms with van der Waals surface area (Å²) in [5.74, 6) is -3.30. The minimum Gasteiger partial charge on any atom is -0.477 e. The van der Waals surface area contributed by atoms with Gasteiger partial charge in [0.25, 0.3) is 0 Å². The predicted molar refractivity (Wildman–Crippen MR) is 168 cm³/mol. The number of quaternary nitrogens is 1. The number of hydrogen-bond acceptors (Lipinski definition) is 8. The van der Waals surface area contributed by atoms with Crippen LogP contribution >= 0.6 is 7.82 Å². The van der Waals surface area contributed by atoms with Gasteiger partial charge in [-0.25, -0.2) is 27.6 Å². The molecule has 4 aromatic rings. The molecule has 3 aromatic heterocycles. The van der Waals surface area contributed by atoms with Crippen molar-refractivity contribution in [2.75, 3.05) is 50.7 Å². The molecule has 1 aromatic carbocycles. The van der Waals surface area contributed by atoms with E-state index < -0.39 is 36.4 Å². The molecule has 47 heavy (non-hydrogen) atoms. The van der Waals surface area contributed by atoms with Crippen molar-refractivity contribution >= 4 is 36.2 Å². The Morgan fingerprint density at radius 3 is 2.66 bits per heavy atom. The second-order valence-electron chi connectivity index (χ2n) is 12.8.